The maximum absolute atomic E-state index is 13.5. The van der Waals surface area contributed by atoms with Crippen molar-refractivity contribution in [3.8, 4) is 0 Å². The van der Waals surface area contributed by atoms with Crippen molar-refractivity contribution in [1.29, 1.82) is 0 Å². The number of pyridine rings is 1. The number of piperidine rings is 1. The fourth-order valence-corrected chi connectivity index (χ4v) is 3.71. The molecule has 0 N–H and O–H groups in total. The summed E-state index contributed by atoms with van der Waals surface area (Å²) in [6.45, 7) is 4.00. The first-order chi connectivity index (χ1) is 11.8. The van der Waals surface area contributed by atoms with E-state index in [1.165, 1.54) is 22.6 Å². The fraction of sp³-hybridized carbons (Fsp3) is 0.706. The van der Waals surface area contributed by atoms with Crippen molar-refractivity contribution in [2.75, 3.05) is 36.1 Å². The lowest BCUT2D eigenvalue weighted by Gasteiger charge is -2.40. The van der Waals surface area contributed by atoms with Gasteiger partial charge < -0.3 is 14.5 Å². The van der Waals surface area contributed by atoms with Gasteiger partial charge in [0, 0.05) is 44.0 Å². The molecule has 0 aromatic carbocycles. The molecule has 0 radical (unpaired) electrons. The summed E-state index contributed by atoms with van der Waals surface area (Å²) < 4.78 is 47.1. The molecule has 2 aliphatic heterocycles. The monoisotopic (exact) mass is 359 g/mol. The van der Waals surface area contributed by atoms with Gasteiger partial charge in [0.2, 0.25) is 0 Å². The van der Waals surface area contributed by atoms with Gasteiger partial charge >= 0.3 is 6.18 Å². The first-order valence-corrected chi connectivity index (χ1v) is 8.68. The molecule has 2 atom stereocenters. The minimum Gasteiger partial charge on any atom is -0.377 e. The third kappa shape index (κ3) is 3.63. The molecule has 1 aromatic heterocycles. The van der Waals surface area contributed by atoms with Crippen molar-refractivity contribution in [3.63, 3.8) is 0 Å². The highest BCUT2D eigenvalue weighted by Gasteiger charge is 2.45. The molecule has 5 nitrogen and oxygen atoms in total. The zero-order valence-electron chi connectivity index (χ0n) is 14.6. The highest BCUT2D eigenvalue weighted by atomic mass is 19.4. The van der Waals surface area contributed by atoms with Crippen LogP contribution in [-0.4, -0.2) is 49.1 Å². The van der Waals surface area contributed by atoms with E-state index in [4.69, 9.17) is 4.74 Å². The van der Waals surface area contributed by atoms with Crippen LogP contribution in [0.2, 0.25) is 0 Å². The molecule has 2 saturated heterocycles. The summed E-state index contributed by atoms with van der Waals surface area (Å²) in [5.74, 6) is 0.336. The lowest BCUT2D eigenvalue weighted by atomic mass is 10.0. The quantitative estimate of drug-likeness (QED) is 0.813. The molecule has 2 fully saturated rings. The number of halogens is 3. The summed E-state index contributed by atoms with van der Waals surface area (Å²) >= 11 is 0. The van der Waals surface area contributed by atoms with E-state index in [1.54, 1.807) is 6.07 Å². The number of nitrogens with zero attached hydrogens (tertiary/aromatic N) is 3. The van der Waals surface area contributed by atoms with Gasteiger partial charge in [-0.2, -0.15) is 13.2 Å². The number of aromatic nitrogens is 1. The van der Waals surface area contributed by atoms with Gasteiger partial charge in [0.05, 0.1) is 13.2 Å². The summed E-state index contributed by atoms with van der Waals surface area (Å²) in [5.41, 5.74) is 0.373. The first-order valence-electron chi connectivity index (χ1n) is 8.68. The number of hydrogen-bond acceptors (Lipinski definition) is 4. The molecule has 3 rings (SSSR count). The Bertz CT molecular complexity index is 674. The van der Waals surface area contributed by atoms with Crippen LogP contribution in [0.15, 0.2) is 16.9 Å². The molecule has 0 amide bonds. The first kappa shape index (κ1) is 18.1. The number of rotatable bonds is 2. The number of ether oxygens (including phenoxy) is 1. The molecule has 0 aliphatic carbocycles. The second-order valence-corrected chi connectivity index (χ2v) is 6.83. The molecule has 8 heteroatoms. The Hall–Kier alpha value is -1.70. The van der Waals surface area contributed by atoms with Gasteiger partial charge in [0.15, 0.2) is 0 Å². The largest absolute Gasteiger partial charge is 0.408 e. The van der Waals surface area contributed by atoms with E-state index in [0.29, 0.717) is 50.7 Å². The lowest BCUT2D eigenvalue weighted by molar-refractivity contribution is -0.152. The molecule has 140 valence electrons. The summed E-state index contributed by atoms with van der Waals surface area (Å²) in [4.78, 5) is 15.8. The molecule has 25 heavy (non-hydrogen) atoms. The predicted octanol–water partition coefficient (Wildman–Crippen LogP) is 2.53. The van der Waals surface area contributed by atoms with Crippen molar-refractivity contribution in [1.82, 2.24) is 4.57 Å². The third-order valence-corrected chi connectivity index (χ3v) is 5.10. The van der Waals surface area contributed by atoms with Crippen LogP contribution < -0.4 is 15.4 Å². The van der Waals surface area contributed by atoms with Crippen molar-refractivity contribution in [3.05, 3.63) is 22.5 Å². The molecule has 2 aliphatic rings. The minimum absolute atomic E-state index is 0.0654. The molecule has 0 spiro atoms. The smallest absolute Gasteiger partial charge is 0.377 e. The van der Waals surface area contributed by atoms with Gasteiger partial charge in [0.1, 0.15) is 11.9 Å². The molecular formula is C17H24F3N3O2. The Kier molecular flexibility index (Phi) is 4.99. The van der Waals surface area contributed by atoms with E-state index in [0.717, 1.165) is 0 Å². The van der Waals surface area contributed by atoms with Crippen LogP contribution in [-0.2, 0) is 11.8 Å². The van der Waals surface area contributed by atoms with Crippen LogP contribution in [0, 0.1) is 0 Å². The normalized spacial score (nSPS) is 25.3. The molecule has 3 heterocycles. The van der Waals surface area contributed by atoms with E-state index in [-0.39, 0.29) is 18.0 Å². The molecule has 1 unspecified atom stereocenters. The van der Waals surface area contributed by atoms with Crippen molar-refractivity contribution < 1.29 is 17.9 Å². The van der Waals surface area contributed by atoms with E-state index in [1.807, 2.05) is 11.8 Å². The third-order valence-electron chi connectivity index (χ3n) is 5.10. The maximum Gasteiger partial charge on any atom is 0.408 e. The standard InChI is InChI=1S/C17H24F3N3O2/c1-12-11-25-8-7-22(12)13-9-15(21(2)16(24)10-13)23-6-4-3-5-14(23)17(18,19)20/h9-10,12,14H,3-8,11H2,1-2H3/t12-,14?/m1/s1. The fourth-order valence-electron chi connectivity index (χ4n) is 3.71. The SMILES string of the molecule is C[C@@H]1COCCN1c1cc(N2CCCCC2C(F)(F)F)n(C)c(=O)c1. The predicted molar refractivity (Wildman–Crippen MR) is 90.4 cm³/mol. The summed E-state index contributed by atoms with van der Waals surface area (Å²) in [6, 6.07) is 1.75. The lowest BCUT2D eigenvalue weighted by Crippen LogP contribution is -2.50. The van der Waals surface area contributed by atoms with Gasteiger partial charge in [-0.3, -0.25) is 9.36 Å². The molecule has 1 aromatic rings. The van der Waals surface area contributed by atoms with E-state index < -0.39 is 12.2 Å². The summed E-state index contributed by atoms with van der Waals surface area (Å²) in [5, 5.41) is 0. The number of alkyl halides is 3. The second-order valence-electron chi connectivity index (χ2n) is 6.83. The maximum atomic E-state index is 13.5. The van der Waals surface area contributed by atoms with E-state index >= 15 is 0 Å². The van der Waals surface area contributed by atoms with Crippen LogP contribution in [0.3, 0.4) is 0 Å². The van der Waals surface area contributed by atoms with Crippen LogP contribution in [0.4, 0.5) is 24.7 Å². The Labute approximate surface area is 145 Å². The molecule has 0 saturated carbocycles. The topological polar surface area (TPSA) is 37.7 Å². The van der Waals surface area contributed by atoms with Gasteiger partial charge in [-0.25, -0.2) is 0 Å². The summed E-state index contributed by atoms with van der Waals surface area (Å²) in [6.07, 6.45) is -3.00. The number of hydrogen-bond donors (Lipinski definition) is 0. The Morgan fingerprint density at radius 2 is 1.92 bits per heavy atom. The van der Waals surface area contributed by atoms with Crippen LogP contribution in [0.5, 0.6) is 0 Å². The number of morpholine rings is 1. The van der Waals surface area contributed by atoms with Gasteiger partial charge in [-0.05, 0) is 26.2 Å². The Balaban J connectivity index is 2.01. The van der Waals surface area contributed by atoms with Crippen molar-refractivity contribution >= 4 is 11.5 Å². The highest BCUT2D eigenvalue weighted by Crippen LogP contribution is 2.35. The van der Waals surface area contributed by atoms with Gasteiger partial charge in [-0.15, -0.1) is 0 Å². The van der Waals surface area contributed by atoms with Crippen LogP contribution in [0.25, 0.3) is 0 Å². The number of anilines is 2. The van der Waals surface area contributed by atoms with Crippen LogP contribution >= 0.6 is 0 Å². The average molecular weight is 359 g/mol. The van der Waals surface area contributed by atoms with Crippen molar-refractivity contribution in [2.24, 2.45) is 7.05 Å². The minimum atomic E-state index is -4.31. The van der Waals surface area contributed by atoms with Crippen LogP contribution in [0.1, 0.15) is 26.2 Å². The zero-order valence-corrected chi connectivity index (χ0v) is 14.6. The average Bonchev–Trinajstić information content (AvgIpc) is 2.57. The van der Waals surface area contributed by atoms with Gasteiger partial charge in [0.25, 0.3) is 5.56 Å². The van der Waals surface area contributed by atoms with Gasteiger partial charge in [-0.1, -0.05) is 0 Å². The highest BCUT2D eigenvalue weighted by molar-refractivity contribution is 5.57. The summed E-state index contributed by atoms with van der Waals surface area (Å²) in [7, 11) is 1.53. The molecule has 0 bridgehead atoms. The van der Waals surface area contributed by atoms with E-state index in [2.05, 4.69) is 0 Å². The van der Waals surface area contributed by atoms with Crippen molar-refractivity contribution in [2.45, 2.75) is 44.4 Å². The second kappa shape index (κ2) is 6.90. The Morgan fingerprint density at radius 3 is 2.60 bits per heavy atom. The zero-order chi connectivity index (χ0) is 18.2. The Morgan fingerprint density at radius 1 is 1.16 bits per heavy atom. The van der Waals surface area contributed by atoms with E-state index in [9.17, 15) is 18.0 Å². The molecular weight excluding hydrogens is 335 g/mol.